The van der Waals surface area contributed by atoms with Gasteiger partial charge in [-0.15, -0.1) is 0 Å². The van der Waals surface area contributed by atoms with Crippen molar-refractivity contribution in [2.45, 2.75) is 17.2 Å². The van der Waals surface area contributed by atoms with E-state index < -0.39 is 11.2 Å². The second kappa shape index (κ2) is 9.98. The lowest BCUT2D eigenvalue weighted by Crippen LogP contribution is -2.23. The van der Waals surface area contributed by atoms with Gasteiger partial charge in [0.05, 0.1) is 16.4 Å². The number of pyridine rings is 1. The minimum Gasteiger partial charge on any atom is -0.383 e. The van der Waals surface area contributed by atoms with Gasteiger partial charge in [-0.3, -0.25) is 9.59 Å². The number of nitriles is 1. The summed E-state index contributed by atoms with van der Waals surface area (Å²) < 4.78 is 0. The fourth-order valence-electron chi connectivity index (χ4n) is 2.61. The predicted octanol–water partition coefficient (Wildman–Crippen LogP) is 4.56. The summed E-state index contributed by atoms with van der Waals surface area (Å²) in [5, 5.41) is 15.2. The van der Waals surface area contributed by atoms with Crippen LogP contribution in [0, 0.1) is 11.3 Å². The summed E-state index contributed by atoms with van der Waals surface area (Å²) in [5.74, 6) is -0.796. The quantitative estimate of drug-likeness (QED) is 0.472. The molecule has 0 bridgehead atoms. The Labute approximate surface area is 188 Å². The number of nitrogens with two attached hydrogens (primary N) is 1. The smallest absolute Gasteiger partial charge is 0.259 e. The van der Waals surface area contributed by atoms with Gasteiger partial charge in [0.1, 0.15) is 16.9 Å². The molecule has 0 radical (unpaired) electrons. The van der Waals surface area contributed by atoms with Crippen LogP contribution in [-0.2, 0) is 4.79 Å². The predicted molar refractivity (Wildman–Crippen MR) is 123 cm³/mol. The highest BCUT2D eigenvalue weighted by atomic mass is 35.5. The molecule has 156 valence electrons. The molecule has 3 rings (SSSR count). The van der Waals surface area contributed by atoms with Crippen molar-refractivity contribution in [1.29, 1.82) is 5.26 Å². The minimum atomic E-state index is -0.582. The van der Waals surface area contributed by atoms with Crippen molar-refractivity contribution < 1.29 is 9.59 Å². The van der Waals surface area contributed by atoms with E-state index in [0.717, 1.165) is 11.8 Å². The number of carbonyl (C=O) groups excluding carboxylic acids is 2. The summed E-state index contributed by atoms with van der Waals surface area (Å²) in [6, 6.07) is 19.0. The molecule has 0 fully saturated rings. The number of amides is 2. The molecule has 2 aromatic carbocycles. The van der Waals surface area contributed by atoms with E-state index in [1.54, 1.807) is 55.5 Å². The Bertz CT molecular complexity index is 1160. The average Bonchev–Trinajstić information content (AvgIpc) is 2.74. The van der Waals surface area contributed by atoms with Crippen LogP contribution in [0.1, 0.15) is 22.8 Å². The summed E-state index contributed by atoms with van der Waals surface area (Å²) in [5.41, 5.74) is 7.37. The van der Waals surface area contributed by atoms with Crippen molar-refractivity contribution in [2.24, 2.45) is 0 Å². The van der Waals surface area contributed by atoms with Crippen molar-refractivity contribution >= 4 is 52.4 Å². The largest absolute Gasteiger partial charge is 0.383 e. The molecule has 7 nitrogen and oxygen atoms in total. The molecule has 0 saturated carbocycles. The Morgan fingerprint density at radius 2 is 1.81 bits per heavy atom. The molecule has 0 saturated heterocycles. The molecule has 1 unspecified atom stereocenters. The van der Waals surface area contributed by atoms with Gasteiger partial charge in [0, 0.05) is 16.4 Å². The fourth-order valence-corrected chi connectivity index (χ4v) is 3.69. The number of halogens is 1. The lowest BCUT2D eigenvalue weighted by Gasteiger charge is -2.14. The van der Waals surface area contributed by atoms with Crippen LogP contribution in [-0.4, -0.2) is 22.0 Å². The Balaban J connectivity index is 1.75. The number of para-hydroxylation sites is 1. The first kappa shape index (κ1) is 22.2. The van der Waals surface area contributed by atoms with E-state index >= 15 is 0 Å². The van der Waals surface area contributed by atoms with Crippen molar-refractivity contribution in [1.82, 2.24) is 4.98 Å². The molecule has 3 aromatic rings. The van der Waals surface area contributed by atoms with E-state index in [1.807, 2.05) is 12.1 Å². The van der Waals surface area contributed by atoms with E-state index in [1.165, 1.54) is 6.07 Å². The van der Waals surface area contributed by atoms with E-state index in [-0.39, 0.29) is 27.9 Å². The molecule has 1 heterocycles. The molecule has 0 aliphatic heterocycles. The lowest BCUT2D eigenvalue weighted by molar-refractivity contribution is -0.115. The van der Waals surface area contributed by atoms with Gasteiger partial charge in [-0.25, -0.2) is 4.98 Å². The normalized spacial score (nSPS) is 11.3. The zero-order valence-electron chi connectivity index (χ0n) is 16.4. The van der Waals surface area contributed by atoms with Crippen molar-refractivity contribution in [3.05, 3.63) is 76.8 Å². The SMILES string of the molecule is CC(Sc1nc(N)c(C(=O)Nc2ccccc2)cc1C#N)C(=O)Nc1cccc(Cl)c1. The number of thioether (sulfide) groups is 1. The summed E-state index contributed by atoms with van der Waals surface area (Å²) in [4.78, 5) is 29.3. The Morgan fingerprint density at radius 1 is 1.10 bits per heavy atom. The number of anilines is 3. The van der Waals surface area contributed by atoms with E-state index in [0.29, 0.717) is 16.4 Å². The number of aromatic nitrogens is 1. The van der Waals surface area contributed by atoms with E-state index in [2.05, 4.69) is 15.6 Å². The van der Waals surface area contributed by atoms with Gasteiger partial charge in [0.2, 0.25) is 5.91 Å². The molecule has 2 amide bonds. The summed E-state index contributed by atoms with van der Waals surface area (Å²) in [7, 11) is 0. The molecule has 1 aromatic heterocycles. The van der Waals surface area contributed by atoms with Crippen LogP contribution in [0.25, 0.3) is 0 Å². The standard InChI is InChI=1S/C22H18ClN5O2S/c1-13(20(29)27-17-9-5-6-15(23)11-17)31-22-14(12-24)10-18(19(25)28-22)21(30)26-16-7-3-2-4-8-16/h2-11,13H,1H3,(H2,25,28)(H,26,30)(H,27,29). The van der Waals surface area contributed by atoms with E-state index in [9.17, 15) is 14.9 Å². The number of nitrogens with zero attached hydrogens (tertiary/aromatic N) is 2. The minimum absolute atomic E-state index is 0.0302. The van der Waals surface area contributed by atoms with Gasteiger partial charge in [0.15, 0.2) is 0 Å². The van der Waals surface area contributed by atoms with Gasteiger partial charge >= 0.3 is 0 Å². The third kappa shape index (κ3) is 5.75. The Kier molecular flexibility index (Phi) is 7.13. The zero-order chi connectivity index (χ0) is 22.4. The number of hydrogen-bond donors (Lipinski definition) is 3. The Morgan fingerprint density at radius 3 is 2.48 bits per heavy atom. The number of hydrogen-bond acceptors (Lipinski definition) is 6. The fraction of sp³-hybridized carbons (Fsp3) is 0.0909. The summed E-state index contributed by atoms with van der Waals surface area (Å²) in [6.07, 6.45) is 0. The van der Waals surface area contributed by atoms with Crippen LogP contribution in [0.15, 0.2) is 65.7 Å². The third-order valence-electron chi connectivity index (χ3n) is 4.16. The molecule has 31 heavy (non-hydrogen) atoms. The molecule has 9 heteroatoms. The van der Waals surface area contributed by atoms with Gasteiger partial charge in [-0.2, -0.15) is 5.26 Å². The van der Waals surface area contributed by atoms with Crippen LogP contribution in [0.4, 0.5) is 17.2 Å². The number of nitrogen functional groups attached to an aromatic ring is 1. The van der Waals surface area contributed by atoms with Gasteiger partial charge in [-0.1, -0.05) is 47.6 Å². The van der Waals surface area contributed by atoms with Crippen molar-refractivity contribution in [3.8, 4) is 6.07 Å². The van der Waals surface area contributed by atoms with Crippen LogP contribution < -0.4 is 16.4 Å². The maximum absolute atomic E-state index is 12.6. The molecule has 0 spiro atoms. The first-order chi connectivity index (χ1) is 14.9. The third-order valence-corrected chi connectivity index (χ3v) is 5.50. The highest BCUT2D eigenvalue weighted by Gasteiger charge is 2.21. The van der Waals surface area contributed by atoms with Crippen LogP contribution in [0.5, 0.6) is 0 Å². The number of carbonyl (C=O) groups is 2. The van der Waals surface area contributed by atoms with Crippen molar-refractivity contribution in [2.75, 3.05) is 16.4 Å². The van der Waals surface area contributed by atoms with Crippen LogP contribution >= 0.6 is 23.4 Å². The number of rotatable bonds is 6. The lowest BCUT2D eigenvalue weighted by atomic mass is 10.2. The highest BCUT2D eigenvalue weighted by Crippen LogP contribution is 2.29. The first-order valence-electron chi connectivity index (χ1n) is 9.17. The topological polar surface area (TPSA) is 121 Å². The highest BCUT2D eigenvalue weighted by molar-refractivity contribution is 8.00. The maximum Gasteiger partial charge on any atom is 0.259 e. The average molecular weight is 452 g/mol. The summed E-state index contributed by atoms with van der Waals surface area (Å²) >= 11 is 7.01. The van der Waals surface area contributed by atoms with E-state index in [4.69, 9.17) is 17.3 Å². The molecule has 0 aliphatic rings. The van der Waals surface area contributed by atoms with Gasteiger partial charge in [-0.05, 0) is 43.3 Å². The van der Waals surface area contributed by atoms with Crippen LogP contribution in [0.2, 0.25) is 5.02 Å². The zero-order valence-corrected chi connectivity index (χ0v) is 18.0. The molecular weight excluding hydrogens is 434 g/mol. The number of nitrogens with one attached hydrogen (secondary N) is 2. The van der Waals surface area contributed by atoms with Gasteiger partial charge in [0.25, 0.3) is 5.91 Å². The van der Waals surface area contributed by atoms with Crippen molar-refractivity contribution in [3.63, 3.8) is 0 Å². The monoisotopic (exact) mass is 451 g/mol. The number of benzene rings is 2. The molecule has 0 aliphatic carbocycles. The first-order valence-corrected chi connectivity index (χ1v) is 10.4. The maximum atomic E-state index is 12.6. The summed E-state index contributed by atoms with van der Waals surface area (Å²) in [6.45, 7) is 1.68. The van der Waals surface area contributed by atoms with Gasteiger partial charge < -0.3 is 16.4 Å². The molecule has 4 N–H and O–H groups in total. The van der Waals surface area contributed by atoms with Crippen LogP contribution in [0.3, 0.4) is 0 Å². The second-order valence-electron chi connectivity index (χ2n) is 6.47. The molecule has 1 atom stereocenters. The second-order valence-corrected chi connectivity index (χ2v) is 8.23. The Hall–Kier alpha value is -3.54. The molecular formula is C22H18ClN5O2S.